The van der Waals surface area contributed by atoms with Gasteiger partial charge >= 0.3 is 0 Å². The highest BCUT2D eigenvalue weighted by Crippen LogP contribution is 2.67. The summed E-state index contributed by atoms with van der Waals surface area (Å²) < 4.78 is 0. The Balaban J connectivity index is 1.62. The van der Waals surface area contributed by atoms with Gasteiger partial charge in [0, 0.05) is 11.8 Å². The largest absolute Gasteiger partial charge is 0.393 e. The van der Waals surface area contributed by atoms with E-state index in [1.807, 2.05) is 6.08 Å². The van der Waals surface area contributed by atoms with Gasteiger partial charge in [0.2, 0.25) is 0 Å². The van der Waals surface area contributed by atoms with Crippen LogP contribution in [0.4, 0.5) is 0 Å². The number of hydrogen-bond donors (Lipinski definition) is 2. The Hall–Kier alpha value is -0.930. The summed E-state index contributed by atoms with van der Waals surface area (Å²) in [5.41, 5.74) is -0.254. The Labute approximate surface area is 183 Å². The summed E-state index contributed by atoms with van der Waals surface area (Å²) >= 11 is 0. The summed E-state index contributed by atoms with van der Waals surface area (Å²) in [4.78, 5) is 13.2. The minimum Gasteiger partial charge on any atom is -0.393 e. The summed E-state index contributed by atoms with van der Waals surface area (Å²) in [5, 5.41) is 21.6. The van der Waals surface area contributed by atoms with E-state index in [9.17, 15) is 15.0 Å². The van der Waals surface area contributed by atoms with E-state index in [1.54, 1.807) is 0 Å². The maximum Gasteiger partial charge on any atom is 0.187 e. The first-order valence-corrected chi connectivity index (χ1v) is 12.4. The van der Waals surface area contributed by atoms with E-state index in [4.69, 9.17) is 0 Å². The van der Waals surface area contributed by atoms with Crippen LogP contribution in [0.25, 0.3) is 0 Å². The SMILES string of the molecule is CC(C)C/C=C/C(C)[C@H]1CCC2C3=CC(=O)[C@@]4(O)C[C@@H](O)CC[C@]4(C)C3CC[C@@]21C. The molecule has 168 valence electrons. The molecular formula is C27H42O3. The molecule has 3 heteroatoms. The van der Waals surface area contributed by atoms with Crippen molar-refractivity contribution < 1.29 is 15.0 Å². The number of hydrogen-bond acceptors (Lipinski definition) is 3. The molecule has 0 bridgehead atoms. The molecule has 4 rings (SSSR count). The number of ketones is 1. The third kappa shape index (κ3) is 3.18. The molecule has 0 aliphatic heterocycles. The third-order valence-corrected chi connectivity index (χ3v) is 9.81. The van der Waals surface area contributed by atoms with Gasteiger partial charge in [-0.05, 0) is 86.0 Å². The van der Waals surface area contributed by atoms with E-state index in [-0.39, 0.29) is 23.5 Å². The predicted molar refractivity (Wildman–Crippen MR) is 121 cm³/mol. The second kappa shape index (κ2) is 7.59. The van der Waals surface area contributed by atoms with Crippen LogP contribution in [-0.4, -0.2) is 27.7 Å². The quantitative estimate of drug-likeness (QED) is 0.601. The molecular weight excluding hydrogens is 372 g/mol. The summed E-state index contributed by atoms with van der Waals surface area (Å²) in [5.74, 6) is 2.50. The standard InChI is InChI=1S/C27H42O3/c1-17(2)7-6-8-18(3)21-9-10-22-20-15-24(29)27(30)16-19(28)11-14-26(27,5)23(20)12-13-25(21,22)4/h6,8,15,17-19,21-23,28,30H,7,9-14,16H2,1-5H3/b8-6+/t18?,19-,21+,22?,23?,25+,26+,27-/m0/s1. The second-order valence-electron chi connectivity index (χ2n) is 11.9. The summed E-state index contributed by atoms with van der Waals surface area (Å²) in [6.07, 6.45) is 13.5. The van der Waals surface area contributed by atoms with E-state index in [2.05, 4.69) is 46.8 Å². The minimum absolute atomic E-state index is 0.146. The van der Waals surface area contributed by atoms with Crippen LogP contribution in [0.3, 0.4) is 0 Å². The first kappa shape index (κ1) is 22.3. The van der Waals surface area contributed by atoms with E-state index in [0.717, 1.165) is 25.7 Å². The van der Waals surface area contributed by atoms with Gasteiger partial charge < -0.3 is 10.2 Å². The van der Waals surface area contributed by atoms with Crippen LogP contribution in [0.5, 0.6) is 0 Å². The second-order valence-corrected chi connectivity index (χ2v) is 11.9. The fourth-order valence-electron chi connectivity index (χ4n) is 7.95. The van der Waals surface area contributed by atoms with Crippen molar-refractivity contribution >= 4 is 5.78 Å². The zero-order chi connectivity index (χ0) is 21.9. The molecule has 8 atom stereocenters. The first-order valence-electron chi connectivity index (χ1n) is 12.4. The van der Waals surface area contributed by atoms with E-state index in [0.29, 0.717) is 30.1 Å². The summed E-state index contributed by atoms with van der Waals surface area (Å²) in [6.45, 7) is 11.5. The lowest BCUT2D eigenvalue weighted by Gasteiger charge is -2.59. The molecule has 0 heterocycles. The van der Waals surface area contributed by atoms with Crippen molar-refractivity contribution in [1.82, 2.24) is 0 Å². The van der Waals surface area contributed by atoms with E-state index in [1.165, 1.54) is 18.4 Å². The highest BCUT2D eigenvalue weighted by Gasteiger charge is 2.65. The zero-order valence-corrected chi connectivity index (χ0v) is 19.7. The van der Waals surface area contributed by atoms with Gasteiger partial charge in [-0.2, -0.15) is 0 Å². The zero-order valence-electron chi connectivity index (χ0n) is 19.7. The molecule has 30 heavy (non-hydrogen) atoms. The van der Waals surface area contributed by atoms with Crippen LogP contribution in [0.1, 0.15) is 86.0 Å². The van der Waals surface area contributed by atoms with Gasteiger partial charge in [0.1, 0.15) is 5.60 Å². The average molecular weight is 415 g/mol. The minimum atomic E-state index is -1.39. The normalized spacial score (nSPS) is 47.1. The molecule has 4 aliphatic rings. The average Bonchev–Trinajstić information content (AvgIpc) is 3.01. The third-order valence-electron chi connectivity index (χ3n) is 9.81. The Kier molecular flexibility index (Phi) is 5.63. The molecule has 0 aromatic rings. The number of fused-ring (bicyclic) bond motifs is 5. The fraction of sp³-hybridized carbons (Fsp3) is 0.815. The number of carbonyl (C=O) groups excluding carboxylic acids is 1. The molecule has 0 aromatic carbocycles. The smallest absolute Gasteiger partial charge is 0.187 e. The monoisotopic (exact) mass is 414 g/mol. The van der Waals surface area contributed by atoms with Crippen molar-refractivity contribution in [2.24, 2.45) is 40.4 Å². The van der Waals surface area contributed by atoms with Gasteiger partial charge in [-0.15, -0.1) is 0 Å². The maximum absolute atomic E-state index is 13.2. The predicted octanol–water partition coefficient (Wildman–Crippen LogP) is 5.46. The number of carbonyl (C=O) groups is 1. The lowest BCUT2D eigenvalue weighted by atomic mass is 9.46. The van der Waals surface area contributed by atoms with Gasteiger partial charge in [-0.1, -0.05) is 52.3 Å². The van der Waals surface area contributed by atoms with Gasteiger partial charge in [-0.25, -0.2) is 0 Å². The van der Waals surface area contributed by atoms with Crippen LogP contribution in [-0.2, 0) is 4.79 Å². The highest BCUT2D eigenvalue weighted by molar-refractivity contribution is 5.99. The van der Waals surface area contributed by atoms with Crippen LogP contribution in [0.15, 0.2) is 23.8 Å². The van der Waals surface area contributed by atoms with Crippen molar-refractivity contribution in [3.05, 3.63) is 23.8 Å². The molecule has 0 aromatic heterocycles. The lowest BCUT2D eigenvalue weighted by Crippen LogP contribution is -2.64. The molecule has 0 amide bonds. The van der Waals surface area contributed by atoms with Crippen molar-refractivity contribution in [1.29, 1.82) is 0 Å². The van der Waals surface area contributed by atoms with Crippen LogP contribution in [0.2, 0.25) is 0 Å². The van der Waals surface area contributed by atoms with E-state index < -0.39 is 17.1 Å². The molecule has 3 fully saturated rings. The Morgan fingerprint density at radius 2 is 1.83 bits per heavy atom. The number of allylic oxidation sites excluding steroid dienone is 3. The maximum atomic E-state index is 13.2. The Morgan fingerprint density at radius 3 is 2.53 bits per heavy atom. The Morgan fingerprint density at radius 1 is 1.10 bits per heavy atom. The molecule has 4 aliphatic carbocycles. The van der Waals surface area contributed by atoms with Gasteiger partial charge in [0.05, 0.1) is 6.10 Å². The van der Waals surface area contributed by atoms with Gasteiger partial charge in [0.25, 0.3) is 0 Å². The number of aliphatic hydroxyl groups is 2. The molecule has 3 saturated carbocycles. The van der Waals surface area contributed by atoms with Gasteiger partial charge in [0.15, 0.2) is 5.78 Å². The molecule has 3 nitrogen and oxygen atoms in total. The molecule has 0 spiro atoms. The number of aliphatic hydroxyl groups excluding tert-OH is 1. The number of rotatable bonds is 4. The summed E-state index contributed by atoms with van der Waals surface area (Å²) in [7, 11) is 0. The van der Waals surface area contributed by atoms with Crippen molar-refractivity contribution in [2.45, 2.75) is 97.7 Å². The fourth-order valence-corrected chi connectivity index (χ4v) is 7.95. The van der Waals surface area contributed by atoms with Crippen LogP contribution < -0.4 is 0 Å². The van der Waals surface area contributed by atoms with Crippen molar-refractivity contribution in [2.75, 3.05) is 0 Å². The van der Waals surface area contributed by atoms with Crippen LogP contribution in [0, 0.1) is 40.4 Å². The van der Waals surface area contributed by atoms with Crippen molar-refractivity contribution in [3.63, 3.8) is 0 Å². The molecule has 0 radical (unpaired) electrons. The topological polar surface area (TPSA) is 57.5 Å². The molecule has 3 unspecified atom stereocenters. The van der Waals surface area contributed by atoms with Crippen LogP contribution >= 0.6 is 0 Å². The molecule has 0 saturated heterocycles. The van der Waals surface area contributed by atoms with Gasteiger partial charge in [-0.3, -0.25) is 4.79 Å². The lowest BCUT2D eigenvalue weighted by molar-refractivity contribution is -0.180. The first-order chi connectivity index (χ1) is 14.0. The molecule has 2 N–H and O–H groups in total. The van der Waals surface area contributed by atoms with Crippen molar-refractivity contribution in [3.8, 4) is 0 Å². The highest BCUT2D eigenvalue weighted by atomic mass is 16.3. The Bertz CT molecular complexity index is 751. The summed E-state index contributed by atoms with van der Waals surface area (Å²) in [6, 6.07) is 0. The van der Waals surface area contributed by atoms with E-state index >= 15 is 0 Å².